The second-order valence-corrected chi connectivity index (χ2v) is 5.94. The highest BCUT2D eigenvalue weighted by molar-refractivity contribution is 7.85. The highest BCUT2D eigenvalue weighted by Crippen LogP contribution is 2.16. The Hall–Kier alpha value is -2.85. The summed E-state index contributed by atoms with van der Waals surface area (Å²) in [5.41, 5.74) is -0.420. The molecule has 0 saturated heterocycles. The fourth-order valence-corrected chi connectivity index (χ4v) is 2.16. The first-order valence-electron chi connectivity index (χ1n) is 7.04. The van der Waals surface area contributed by atoms with Crippen LogP contribution in [0.15, 0.2) is 59.8 Å². The number of nitro groups is 1. The summed E-state index contributed by atoms with van der Waals surface area (Å²) in [5.74, 6) is -0.200. The predicted molar refractivity (Wildman–Crippen MR) is 84.3 cm³/mol. The lowest BCUT2D eigenvalue weighted by Gasteiger charge is -2.05. The largest absolute Gasteiger partial charge is 0.744 e. The van der Waals surface area contributed by atoms with E-state index in [1.54, 1.807) is 11.5 Å². The van der Waals surface area contributed by atoms with Gasteiger partial charge in [-0.1, -0.05) is 12.1 Å². The maximum Gasteiger partial charge on any atom is 0.372 e. The molecule has 0 aliphatic carbocycles. The number of hydrogen-bond acceptors (Lipinski definition) is 7. The van der Waals surface area contributed by atoms with Crippen molar-refractivity contribution in [2.75, 3.05) is 6.61 Å². The third kappa shape index (κ3) is 7.50. The molecule has 0 atom stereocenters. The molecule has 134 valence electrons. The van der Waals surface area contributed by atoms with E-state index >= 15 is 0 Å². The van der Waals surface area contributed by atoms with Crippen molar-refractivity contribution in [2.45, 2.75) is 18.4 Å². The minimum Gasteiger partial charge on any atom is -0.744 e. The number of hydrogen-bond donors (Lipinski definition) is 0. The number of ether oxygens (including phenoxy) is 1. The number of benzene rings is 1. The van der Waals surface area contributed by atoms with Crippen LogP contribution >= 0.6 is 0 Å². The number of pyridine rings is 1. The van der Waals surface area contributed by atoms with E-state index in [-0.39, 0.29) is 12.5 Å². The molecule has 0 radical (unpaired) electrons. The van der Waals surface area contributed by atoms with Crippen LogP contribution in [0.3, 0.4) is 0 Å². The van der Waals surface area contributed by atoms with E-state index in [0.29, 0.717) is 6.61 Å². The van der Waals surface area contributed by atoms with Gasteiger partial charge in [0.2, 0.25) is 6.54 Å². The summed E-state index contributed by atoms with van der Waals surface area (Å²) in [7, 11) is -4.61. The van der Waals surface area contributed by atoms with Crippen molar-refractivity contribution < 1.29 is 32.0 Å². The molecule has 1 aromatic heterocycles. The van der Waals surface area contributed by atoms with E-state index in [0.717, 1.165) is 24.3 Å². The number of aromatic nitrogens is 1. The highest BCUT2D eigenvalue weighted by Gasteiger charge is 2.09. The number of non-ortho nitro benzene ring substituents is 1. The Morgan fingerprint density at radius 2 is 1.84 bits per heavy atom. The van der Waals surface area contributed by atoms with Gasteiger partial charge in [-0.3, -0.25) is 10.1 Å². The van der Waals surface area contributed by atoms with Gasteiger partial charge >= 0.3 is 5.97 Å². The van der Waals surface area contributed by atoms with Gasteiger partial charge in [-0.25, -0.2) is 13.2 Å². The lowest BCUT2D eigenvalue weighted by atomic mass is 10.3. The first kappa shape index (κ1) is 20.2. The maximum atomic E-state index is 11.0. The lowest BCUT2D eigenvalue weighted by molar-refractivity contribution is -0.686. The summed E-state index contributed by atoms with van der Waals surface area (Å²) in [5, 5.41) is 10.2. The fraction of sp³-hybridized carbons (Fsp3) is 0.200. The van der Waals surface area contributed by atoms with Gasteiger partial charge < -0.3 is 9.29 Å². The predicted octanol–water partition coefficient (Wildman–Crippen LogP) is 1.04. The van der Waals surface area contributed by atoms with Crippen LogP contribution in [0.2, 0.25) is 0 Å². The molecule has 0 aliphatic heterocycles. The standard InChI is InChI=1S/C9H12NO2.C6H5NO5S/c1-2-12-9(11)8-10-6-4-3-5-7-10;8-7(9)5-2-1-3-6(4-5)13(10,11)12/h3-7H,2,8H2,1H3;1-4H,(H,10,11,12)/q+1;/p-1. The minimum atomic E-state index is -4.61. The molecule has 1 aromatic carbocycles. The molecular weight excluding hydrogens is 352 g/mol. The van der Waals surface area contributed by atoms with Crippen molar-refractivity contribution in [1.82, 2.24) is 0 Å². The fourth-order valence-electron chi connectivity index (χ4n) is 1.65. The molecule has 0 bridgehead atoms. The Balaban J connectivity index is 0.000000251. The molecule has 0 fully saturated rings. The van der Waals surface area contributed by atoms with Gasteiger partial charge in [0, 0.05) is 24.3 Å². The third-order valence-electron chi connectivity index (χ3n) is 2.71. The molecule has 0 saturated carbocycles. The minimum absolute atomic E-state index is 0.200. The van der Waals surface area contributed by atoms with Crippen molar-refractivity contribution in [1.29, 1.82) is 0 Å². The van der Waals surface area contributed by atoms with E-state index in [9.17, 15) is 27.9 Å². The highest BCUT2D eigenvalue weighted by atomic mass is 32.2. The monoisotopic (exact) mass is 368 g/mol. The summed E-state index contributed by atoms with van der Waals surface area (Å²) in [6, 6.07) is 9.63. The Morgan fingerprint density at radius 3 is 2.36 bits per heavy atom. The summed E-state index contributed by atoms with van der Waals surface area (Å²) in [6.07, 6.45) is 3.66. The molecule has 0 unspecified atom stereocenters. The second-order valence-electron chi connectivity index (χ2n) is 4.56. The normalized spacial score (nSPS) is 10.3. The molecule has 10 heteroatoms. The van der Waals surface area contributed by atoms with Crippen LogP contribution in [0.4, 0.5) is 5.69 Å². The molecule has 9 nitrogen and oxygen atoms in total. The van der Waals surface area contributed by atoms with Crippen LogP contribution < -0.4 is 4.57 Å². The van der Waals surface area contributed by atoms with Crippen molar-refractivity contribution in [3.8, 4) is 0 Å². The molecule has 2 aromatic rings. The van der Waals surface area contributed by atoms with Crippen molar-refractivity contribution in [2.24, 2.45) is 0 Å². The third-order valence-corrected chi connectivity index (χ3v) is 3.54. The summed E-state index contributed by atoms with van der Waals surface area (Å²) in [4.78, 5) is 19.8. The van der Waals surface area contributed by atoms with Crippen LogP contribution in [0, 0.1) is 10.1 Å². The van der Waals surface area contributed by atoms with Crippen LogP contribution in [0.5, 0.6) is 0 Å². The van der Waals surface area contributed by atoms with Crippen molar-refractivity contribution in [3.63, 3.8) is 0 Å². The van der Waals surface area contributed by atoms with Gasteiger partial charge in [-0.05, 0) is 13.0 Å². The Kier molecular flexibility index (Phi) is 7.63. The Labute approximate surface area is 144 Å². The quantitative estimate of drug-likeness (QED) is 0.253. The second kappa shape index (κ2) is 9.45. The lowest BCUT2D eigenvalue weighted by Crippen LogP contribution is -2.37. The zero-order valence-electron chi connectivity index (χ0n) is 13.3. The maximum absolute atomic E-state index is 11.0. The number of rotatable bonds is 5. The number of carbonyl (C=O) groups is 1. The number of nitro benzene ring substituents is 1. The zero-order valence-corrected chi connectivity index (χ0v) is 14.1. The zero-order chi connectivity index (χ0) is 18.9. The van der Waals surface area contributed by atoms with Crippen LogP contribution in [0.1, 0.15) is 6.92 Å². The molecule has 0 spiro atoms. The molecule has 0 N–H and O–H groups in total. The van der Waals surface area contributed by atoms with Gasteiger partial charge in [-0.15, -0.1) is 0 Å². The van der Waals surface area contributed by atoms with Gasteiger partial charge in [0.25, 0.3) is 5.69 Å². The van der Waals surface area contributed by atoms with Crippen molar-refractivity contribution >= 4 is 21.8 Å². The number of nitrogens with zero attached hydrogens (tertiary/aromatic N) is 2. The topological polar surface area (TPSA) is 131 Å². The van der Waals surface area contributed by atoms with E-state index in [2.05, 4.69) is 0 Å². The first-order valence-corrected chi connectivity index (χ1v) is 8.45. The molecular formula is C15H16N2O7S. The van der Waals surface area contributed by atoms with Crippen LogP contribution in [-0.2, 0) is 26.2 Å². The van der Waals surface area contributed by atoms with E-state index < -0.39 is 25.6 Å². The van der Waals surface area contributed by atoms with Gasteiger partial charge in [-0.2, -0.15) is 4.57 Å². The number of esters is 1. The van der Waals surface area contributed by atoms with E-state index in [1.807, 2.05) is 30.6 Å². The molecule has 0 aliphatic rings. The SMILES string of the molecule is CCOC(=O)C[n+]1ccccc1.O=[N+]([O-])c1cccc(S(=O)(=O)[O-])c1. The average molecular weight is 368 g/mol. The summed E-state index contributed by atoms with van der Waals surface area (Å²) >= 11 is 0. The smallest absolute Gasteiger partial charge is 0.372 e. The van der Waals surface area contributed by atoms with Crippen LogP contribution in [-0.4, -0.2) is 30.5 Å². The van der Waals surface area contributed by atoms with Gasteiger partial charge in [0.1, 0.15) is 10.1 Å². The molecule has 1 heterocycles. The van der Waals surface area contributed by atoms with Crippen molar-refractivity contribution in [3.05, 3.63) is 65.0 Å². The molecule has 25 heavy (non-hydrogen) atoms. The van der Waals surface area contributed by atoms with E-state index in [4.69, 9.17) is 4.74 Å². The number of carbonyl (C=O) groups excluding carboxylic acids is 1. The molecule has 0 amide bonds. The summed E-state index contributed by atoms with van der Waals surface area (Å²) in [6.45, 7) is 2.52. The van der Waals surface area contributed by atoms with Gasteiger partial charge in [0.05, 0.1) is 16.4 Å². The summed E-state index contributed by atoms with van der Waals surface area (Å²) < 4.78 is 37.9. The van der Waals surface area contributed by atoms with E-state index in [1.165, 1.54) is 0 Å². The Bertz CT molecular complexity index is 823. The molecule has 2 rings (SSSR count). The van der Waals surface area contributed by atoms with Crippen LogP contribution in [0.25, 0.3) is 0 Å². The Morgan fingerprint density at radius 1 is 1.20 bits per heavy atom. The first-order chi connectivity index (χ1) is 11.7. The van der Waals surface area contributed by atoms with Gasteiger partial charge in [0.15, 0.2) is 12.4 Å². The average Bonchev–Trinajstić information content (AvgIpc) is 2.56.